The average molecular weight is 225 g/mol. The van der Waals surface area contributed by atoms with Gasteiger partial charge in [-0.15, -0.1) is 0 Å². The second kappa shape index (κ2) is 7.35. The molecule has 0 bridgehead atoms. The summed E-state index contributed by atoms with van der Waals surface area (Å²) in [6.45, 7) is 9.18. The Labute approximate surface area is 97.9 Å². The second-order valence-electron chi connectivity index (χ2n) is 3.99. The maximum atomic E-state index is 4.29. The van der Waals surface area contributed by atoms with Crippen molar-refractivity contribution in [1.29, 1.82) is 0 Å². The van der Waals surface area contributed by atoms with Crippen molar-refractivity contribution >= 4 is 0 Å². The molecule has 0 aromatic carbocycles. The number of likely N-dealkylation sites (N-methyl/N-ethyl adjacent to an activating group) is 2. The maximum Gasteiger partial charge on any atom is 0.140 e. The van der Waals surface area contributed by atoms with Crippen molar-refractivity contribution in [2.45, 2.75) is 33.4 Å². The van der Waals surface area contributed by atoms with Crippen molar-refractivity contribution in [3.63, 3.8) is 0 Å². The zero-order valence-corrected chi connectivity index (χ0v) is 10.6. The van der Waals surface area contributed by atoms with Crippen LogP contribution in [0, 0.1) is 0 Å². The van der Waals surface area contributed by atoms with Crippen LogP contribution in [0.25, 0.3) is 0 Å². The summed E-state index contributed by atoms with van der Waals surface area (Å²) in [5, 5.41) is 7.53. The molecule has 1 aromatic heterocycles. The molecule has 0 atom stereocenters. The SMILES string of the molecule is CCCn1ncnc1CN(C)CCNCC. The molecule has 0 amide bonds. The first-order chi connectivity index (χ1) is 7.77. The molecule has 0 aliphatic heterocycles. The molecule has 92 valence electrons. The number of hydrogen-bond acceptors (Lipinski definition) is 4. The molecule has 1 N–H and O–H groups in total. The summed E-state index contributed by atoms with van der Waals surface area (Å²) in [5.74, 6) is 1.06. The third-order valence-corrected chi connectivity index (χ3v) is 2.46. The van der Waals surface area contributed by atoms with Gasteiger partial charge in [0.15, 0.2) is 0 Å². The summed E-state index contributed by atoms with van der Waals surface area (Å²) < 4.78 is 1.99. The van der Waals surface area contributed by atoms with E-state index in [4.69, 9.17) is 0 Å². The number of nitrogens with zero attached hydrogens (tertiary/aromatic N) is 4. The molecule has 0 unspecified atom stereocenters. The molecule has 5 nitrogen and oxygen atoms in total. The maximum absolute atomic E-state index is 4.29. The fraction of sp³-hybridized carbons (Fsp3) is 0.818. The highest BCUT2D eigenvalue weighted by Gasteiger charge is 2.06. The zero-order valence-electron chi connectivity index (χ0n) is 10.6. The van der Waals surface area contributed by atoms with Crippen LogP contribution in [0.1, 0.15) is 26.1 Å². The number of hydrogen-bond donors (Lipinski definition) is 1. The van der Waals surface area contributed by atoms with Crippen LogP contribution in [0.3, 0.4) is 0 Å². The largest absolute Gasteiger partial charge is 0.316 e. The van der Waals surface area contributed by atoms with Crippen molar-refractivity contribution in [2.24, 2.45) is 0 Å². The lowest BCUT2D eigenvalue weighted by Crippen LogP contribution is -2.29. The second-order valence-corrected chi connectivity index (χ2v) is 3.99. The Morgan fingerprint density at radius 3 is 2.94 bits per heavy atom. The van der Waals surface area contributed by atoms with E-state index in [9.17, 15) is 0 Å². The molecule has 0 aliphatic rings. The Hall–Kier alpha value is -0.940. The van der Waals surface area contributed by atoms with Gasteiger partial charge >= 0.3 is 0 Å². The van der Waals surface area contributed by atoms with Crippen LogP contribution in [0.15, 0.2) is 6.33 Å². The highest BCUT2D eigenvalue weighted by molar-refractivity contribution is 4.84. The summed E-state index contributed by atoms with van der Waals surface area (Å²) in [6, 6.07) is 0. The van der Waals surface area contributed by atoms with Gasteiger partial charge in [-0.05, 0) is 20.0 Å². The molecule has 0 fully saturated rings. The predicted molar refractivity (Wildman–Crippen MR) is 65.2 cm³/mol. The fourth-order valence-corrected chi connectivity index (χ4v) is 1.58. The van der Waals surface area contributed by atoms with Crippen LogP contribution in [0.5, 0.6) is 0 Å². The van der Waals surface area contributed by atoms with E-state index < -0.39 is 0 Å². The van der Waals surface area contributed by atoms with Crippen molar-refractivity contribution in [3.8, 4) is 0 Å². The first-order valence-corrected chi connectivity index (χ1v) is 6.03. The van der Waals surface area contributed by atoms with Crippen molar-refractivity contribution in [1.82, 2.24) is 25.0 Å². The van der Waals surface area contributed by atoms with Gasteiger partial charge in [0, 0.05) is 19.6 Å². The number of nitrogens with one attached hydrogen (secondary N) is 1. The van der Waals surface area contributed by atoms with E-state index in [0.29, 0.717) is 0 Å². The van der Waals surface area contributed by atoms with E-state index in [2.05, 4.69) is 41.2 Å². The van der Waals surface area contributed by atoms with E-state index in [1.807, 2.05) is 4.68 Å². The smallest absolute Gasteiger partial charge is 0.140 e. The Balaban J connectivity index is 2.36. The van der Waals surface area contributed by atoms with Gasteiger partial charge in [-0.25, -0.2) is 9.67 Å². The van der Waals surface area contributed by atoms with E-state index in [1.165, 1.54) is 0 Å². The lowest BCUT2D eigenvalue weighted by atomic mass is 10.4. The minimum Gasteiger partial charge on any atom is -0.316 e. The monoisotopic (exact) mass is 225 g/mol. The molecule has 5 heteroatoms. The van der Waals surface area contributed by atoms with Gasteiger partial charge in [0.25, 0.3) is 0 Å². The standard InChI is InChI=1S/C11H23N5/c1-4-7-16-11(13-10-14-16)9-15(3)8-6-12-5-2/h10,12H,4-9H2,1-3H3. The van der Waals surface area contributed by atoms with E-state index in [0.717, 1.165) is 45.0 Å². The molecular formula is C11H23N5. The topological polar surface area (TPSA) is 46.0 Å². The van der Waals surface area contributed by atoms with Gasteiger partial charge in [0.1, 0.15) is 12.2 Å². The third-order valence-electron chi connectivity index (χ3n) is 2.46. The fourth-order valence-electron chi connectivity index (χ4n) is 1.58. The summed E-state index contributed by atoms with van der Waals surface area (Å²) in [6.07, 6.45) is 2.74. The van der Waals surface area contributed by atoms with Crippen molar-refractivity contribution in [2.75, 3.05) is 26.7 Å². The van der Waals surface area contributed by atoms with Gasteiger partial charge in [-0.2, -0.15) is 5.10 Å². The Morgan fingerprint density at radius 1 is 1.44 bits per heavy atom. The van der Waals surface area contributed by atoms with Gasteiger partial charge in [-0.1, -0.05) is 13.8 Å². The molecule has 1 aromatic rings. The van der Waals surface area contributed by atoms with Gasteiger partial charge in [-0.3, -0.25) is 4.90 Å². The summed E-state index contributed by atoms with van der Waals surface area (Å²) in [7, 11) is 2.11. The van der Waals surface area contributed by atoms with Crippen LogP contribution in [0.4, 0.5) is 0 Å². The molecule has 0 saturated heterocycles. The minimum absolute atomic E-state index is 0.866. The molecule has 0 radical (unpaired) electrons. The Morgan fingerprint density at radius 2 is 2.25 bits per heavy atom. The first-order valence-electron chi connectivity index (χ1n) is 6.03. The normalized spacial score (nSPS) is 11.2. The predicted octanol–water partition coefficient (Wildman–Crippen LogP) is 0.729. The van der Waals surface area contributed by atoms with Crippen LogP contribution >= 0.6 is 0 Å². The van der Waals surface area contributed by atoms with Crippen LogP contribution in [-0.2, 0) is 13.1 Å². The average Bonchev–Trinajstić information content (AvgIpc) is 2.67. The van der Waals surface area contributed by atoms with E-state index in [1.54, 1.807) is 6.33 Å². The lowest BCUT2D eigenvalue weighted by molar-refractivity contribution is 0.309. The molecule has 0 aliphatic carbocycles. The Bertz CT molecular complexity index is 284. The van der Waals surface area contributed by atoms with Gasteiger partial charge in [0.05, 0.1) is 6.54 Å². The zero-order chi connectivity index (χ0) is 11.8. The highest BCUT2D eigenvalue weighted by Crippen LogP contribution is 1.99. The lowest BCUT2D eigenvalue weighted by Gasteiger charge is -2.16. The summed E-state index contributed by atoms with van der Waals surface area (Å²) in [5.41, 5.74) is 0. The molecule has 0 saturated carbocycles. The molecular weight excluding hydrogens is 202 g/mol. The Kier molecular flexibility index (Phi) is 6.03. The number of aryl methyl sites for hydroxylation is 1. The molecule has 0 spiro atoms. The molecule has 16 heavy (non-hydrogen) atoms. The number of aromatic nitrogens is 3. The van der Waals surface area contributed by atoms with E-state index >= 15 is 0 Å². The van der Waals surface area contributed by atoms with Crippen molar-refractivity contribution < 1.29 is 0 Å². The summed E-state index contributed by atoms with van der Waals surface area (Å²) in [4.78, 5) is 6.56. The summed E-state index contributed by atoms with van der Waals surface area (Å²) >= 11 is 0. The van der Waals surface area contributed by atoms with Gasteiger partial charge in [0.2, 0.25) is 0 Å². The highest BCUT2D eigenvalue weighted by atomic mass is 15.3. The minimum atomic E-state index is 0.866. The van der Waals surface area contributed by atoms with Crippen LogP contribution in [0.2, 0.25) is 0 Å². The number of rotatable bonds is 8. The van der Waals surface area contributed by atoms with Crippen LogP contribution < -0.4 is 5.32 Å². The third kappa shape index (κ3) is 4.28. The first kappa shape index (κ1) is 13.1. The van der Waals surface area contributed by atoms with Crippen LogP contribution in [-0.4, -0.2) is 46.3 Å². The van der Waals surface area contributed by atoms with Crippen molar-refractivity contribution in [3.05, 3.63) is 12.2 Å². The molecule has 1 heterocycles. The van der Waals surface area contributed by atoms with E-state index in [-0.39, 0.29) is 0 Å². The molecule has 1 rings (SSSR count). The van der Waals surface area contributed by atoms with Gasteiger partial charge < -0.3 is 5.32 Å². The quantitative estimate of drug-likeness (QED) is 0.663.